The molecule has 0 saturated carbocycles. The summed E-state index contributed by atoms with van der Waals surface area (Å²) in [5.41, 5.74) is 0. The second-order valence-corrected chi connectivity index (χ2v) is 4.69. The molecule has 1 unspecified atom stereocenters. The number of hydrogen-bond acceptors (Lipinski definition) is 3. The van der Waals surface area contributed by atoms with Crippen LogP contribution in [-0.4, -0.2) is 29.7 Å². The van der Waals surface area contributed by atoms with Crippen LogP contribution in [0.4, 0.5) is 0 Å². The van der Waals surface area contributed by atoms with Gasteiger partial charge in [-0.15, -0.1) is 0 Å². The summed E-state index contributed by atoms with van der Waals surface area (Å²) < 4.78 is 5.47. The summed E-state index contributed by atoms with van der Waals surface area (Å²) in [7, 11) is 0. The summed E-state index contributed by atoms with van der Waals surface area (Å²) in [5, 5.41) is 0. The Morgan fingerprint density at radius 1 is 1.44 bits per heavy atom. The molecule has 98 valence electrons. The van der Waals surface area contributed by atoms with E-state index >= 15 is 0 Å². The molecule has 1 atom stereocenters. The van der Waals surface area contributed by atoms with E-state index in [2.05, 4.69) is 0 Å². The van der Waals surface area contributed by atoms with Crippen molar-refractivity contribution in [2.45, 2.75) is 33.1 Å². The summed E-state index contributed by atoms with van der Waals surface area (Å²) >= 11 is 0. The lowest BCUT2D eigenvalue weighted by Crippen LogP contribution is -2.43. The van der Waals surface area contributed by atoms with Crippen LogP contribution in [0.1, 0.15) is 43.0 Å². The van der Waals surface area contributed by atoms with Crippen molar-refractivity contribution < 1.29 is 14.0 Å². The van der Waals surface area contributed by atoms with Crippen LogP contribution >= 0.6 is 0 Å². The second-order valence-electron chi connectivity index (χ2n) is 4.69. The van der Waals surface area contributed by atoms with Gasteiger partial charge >= 0.3 is 0 Å². The number of amides is 1. The Bertz CT molecular complexity index is 450. The number of rotatable bonds is 3. The molecular weight excluding hydrogens is 230 g/mol. The third-order valence-electron chi connectivity index (χ3n) is 3.53. The van der Waals surface area contributed by atoms with Crippen molar-refractivity contribution in [3.8, 4) is 0 Å². The smallest absolute Gasteiger partial charge is 0.289 e. The van der Waals surface area contributed by atoms with E-state index in [0.29, 0.717) is 25.3 Å². The van der Waals surface area contributed by atoms with Gasteiger partial charge in [-0.05, 0) is 18.6 Å². The van der Waals surface area contributed by atoms with Crippen LogP contribution in [0, 0.1) is 5.92 Å². The lowest BCUT2D eigenvalue weighted by Gasteiger charge is -2.30. The Labute approximate surface area is 107 Å². The third-order valence-corrected chi connectivity index (χ3v) is 3.53. The molecule has 1 amide bonds. The molecule has 0 radical (unpaired) electrons. The van der Waals surface area contributed by atoms with Crippen LogP contribution in [0.15, 0.2) is 16.5 Å². The van der Waals surface area contributed by atoms with Gasteiger partial charge in [-0.2, -0.15) is 0 Å². The molecule has 1 aromatic rings. The highest BCUT2D eigenvalue weighted by Crippen LogP contribution is 2.19. The van der Waals surface area contributed by atoms with Crippen LogP contribution in [0.2, 0.25) is 0 Å². The number of hydrogen-bond donors (Lipinski definition) is 0. The van der Waals surface area contributed by atoms with Crippen LogP contribution < -0.4 is 0 Å². The number of carbonyl (C=O) groups excluding carboxylic acids is 2. The van der Waals surface area contributed by atoms with Crippen molar-refractivity contribution in [3.63, 3.8) is 0 Å². The lowest BCUT2D eigenvalue weighted by molar-refractivity contribution is -0.125. The van der Waals surface area contributed by atoms with E-state index in [1.54, 1.807) is 11.0 Å². The first-order valence-corrected chi connectivity index (χ1v) is 6.56. The predicted molar refractivity (Wildman–Crippen MR) is 67.4 cm³/mol. The standard InChI is InChI=1S/C14H19NO3/c1-3-10-9-15(8-7-12(10)16)14(17)13-6-5-11(4-2)18-13/h5-6,10H,3-4,7-9H2,1-2H3. The maximum Gasteiger partial charge on any atom is 0.289 e. The van der Waals surface area contributed by atoms with E-state index in [1.807, 2.05) is 19.9 Å². The van der Waals surface area contributed by atoms with Gasteiger partial charge in [0.2, 0.25) is 0 Å². The Kier molecular flexibility index (Phi) is 3.84. The van der Waals surface area contributed by atoms with Crippen molar-refractivity contribution in [2.24, 2.45) is 5.92 Å². The van der Waals surface area contributed by atoms with E-state index in [9.17, 15) is 9.59 Å². The van der Waals surface area contributed by atoms with Gasteiger partial charge in [0.25, 0.3) is 5.91 Å². The SMILES string of the molecule is CCc1ccc(C(=O)N2CCC(=O)C(CC)C2)o1. The summed E-state index contributed by atoms with van der Waals surface area (Å²) in [6, 6.07) is 3.55. The molecule has 4 nitrogen and oxygen atoms in total. The zero-order chi connectivity index (χ0) is 13.1. The molecule has 0 bridgehead atoms. The van der Waals surface area contributed by atoms with Crippen LogP contribution in [-0.2, 0) is 11.2 Å². The monoisotopic (exact) mass is 249 g/mol. The molecule has 1 aromatic heterocycles. The fourth-order valence-corrected chi connectivity index (χ4v) is 2.29. The molecule has 1 fully saturated rings. The van der Waals surface area contributed by atoms with E-state index in [0.717, 1.165) is 18.6 Å². The predicted octanol–water partition coefficient (Wildman–Crippen LogP) is 2.28. The third kappa shape index (κ3) is 2.47. The molecule has 0 aromatic carbocycles. The second kappa shape index (κ2) is 5.38. The molecule has 2 heterocycles. The number of carbonyl (C=O) groups is 2. The molecular formula is C14H19NO3. The van der Waals surface area contributed by atoms with Gasteiger partial charge in [-0.25, -0.2) is 0 Å². The van der Waals surface area contributed by atoms with Crippen molar-refractivity contribution >= 4 is 11.7 Å². The average molecular weight is 249 g/mol. The first-order valence-electron chi connectivity index (χ1n) is 6.56. The highest BCUT2D eigenvalue weighted by molar-refractivity contribution is 5.93. The van der Waals surface area contributed by atoms with Gasteiger partial charge in [-0.1, -0.05) is 13.8 Å². The normalized spacial score (nSPS) is 20.2. The first-order chi connectivity index (χ1) is 8.65. The van der Waals surface area contributed by atoms with Crippen LogP contribution in [0.5, 0.6) is 0 Å². The largest absolute Gasteiger partial charge is 0.456 e. The summed E-state index contributed by atoms with van der Waals surface area (Å²) in [5.74, 6) is 1.37. The molecule has 0 spiro atoms. The minimum atomic E-state index is -0.0966. The van der Waals surface area contributed by atoms with Crippen LogP contribution in [0.3, 0.4) is 0 Å². The maximum absolute atomic E-state index is 12.2. The zero-order valence-electron chi connectivity index (χ0n) is 10.9. The average Bonchev–Trinajstić information content (AvgIpc) is 2.87. The Morgan fingerprint density at radius 3 is 2.83 bits per heavy atom. The Balaban J connectivity index is 2.07. The molecule has 18 heavy (non-hydrogen) atoms. The number of nitrogens with zero attached hydrogens (tertiary/aromatic N) is 1. The van der Waals surface area contributed by atoms with Gasteiger partial charge < -0.3 is 9.32 Å². The quantitative estimate of drug-likeness (QED) is 0.825. The number of furan rings is 1. The molecule has 4 heteroatoms. The van der Waals surface area contributed by atoms with Gasteiger partial charge in [0.1, 0.15) is 11.5 Å². The van der Waals surface area contributed by atoms with Gasteiger partial charge in [-0.3, -0.25) is 9.59 Å². The Hall–Kier alpha value is -1.58. The molecule has 1 aliphatic heterocycles. The number of likely N-dealkylation sites (tertiary alicyclic amines) is 1. The summed E-state index contributed by atoms with van der Waals surface area (Å²) in [6.45, 7) is 5.00. The van der Waals surface area contributed by atoms with E-state index in [-0.39, 0.29) is 17.6 Å². The lowest BCUT2D eigenvalue weighted by atomic mass is 9.94. The highest BCUT2D eigenvalue weighted by Gasteiger charge is 2.30. The van der Waals surface area contributed by atoms with Crippen molar-refractivity contribution in [2.75, 3.05) is 13.1 Å². The number of piperidine rings is 1. The number of Topliss-reactive ketones (excluding diaryl/α,β-unsaturated/α-hetero) is 1. The topological polar surface area (TPSA) is 50.5 Å². The number of aryl methyl sites for hydroxylation is 1. The van der Waals surface area contributed by atoms with Gasteiger partial charge in [0.15, 0.2) is 5.76 Å². The summed E-state index contributed by atoms with van der Waals surface area (Å²) in [4.78, 5) is 25.6. The first kappa shape index (κ1) is 12.9. The molecule has 2 rings (SSSR count). The van der Waals surface area contributed by atoms with E-state index in [4.69, 9.17) is 4.42 Å². The van der Waals surface area contributed by atoms with Crippen LogP contribution in [0.25, 0.3) is 0 Å². The van der Waals surface area contributed by atoms with Crippen molar-refractivity contribution in [1.82, 2.24) is 4.90 Å². The van der Waals surface area contributed by atoms with E-state index < -0.39 is 0 Å². The molecule has 0 aliphatic carbocycles. The minimum Gasteiger partial charge on any atom is -0.456 e. The fraction of sp³-hybridized carbons (Fsp3) is 0.571. The summed E-state index contributed by atoms with van der Waals surface area (Å²) in [6.07, 6.45) is 2.04. The molecule has 1 aliphatic rings. The highest BCUT2D eigenvalue weighted by atomic mass is 16.4. The fourth-order valence-electron chi connectivity index (χ4n) is 2.29. The number of ketones is 1. The zero-order valence-corrected chi connectivity index (χ0v) is 10.9. The minimum absolute atomic E-state index is 0.0108. The van der Waals surface area contributed by atoms with Crippen molar-refractivity contribution in [1.29, 1.82) is 0 Å². The Morgan fingerprint density at radius 2 is 2.22 bits per heavy atom. The van der Waals surface area contributed by atoms with Gasteiger partial charge in [0, 0.05) is 31.8 Å². The van der Waals surface area contributed by atoms with Gasteiger partial charge in [0.05, 0.1) is 0 Å². The van der Waals surface area contributed by atoms with Crippen molar-refractivity contribution in [3.05, 3.63) is 23.7 Å². The maximum atomic E-state index is 12.2. The molecule has 0 N–H and O–H groups in total. The molecule has 1 saturated heterocycles. The van der Waals surface area contributed by atoms with E-state index in [1.165, 1.54) is 0 Å².